The van der Waals surface area contributed by atoms with E-state index in [9.17, 15) is 0 Å². The number of rotatable bonds is 4. The molecule has 0 radical (unpaired) electrons. The number of hydrogen-bond donors (Lipinski definition) is 0. The lowest BCUT2D eigenvalue weighted by Crippen LogP contribution is -2.52. The van der Waals surface area contributed by atoms with E-state index in [0.29, 0.717) is 5.41 Å². The Labute approximate surface area is 168 Å². The fourth-order valence-electron chi connectivity index (χ4n) is 4.23. The second-order valence-corrected chi connectivity index (χ2v) is 8.96. The molecule has 1 unspecified atom stereocenters. The average molecular weight is 379 g/mol. The summed E-state index contributed by atoms with van der Waals surface area (Å²) in [5, 5.41) is 8.67. The number of nitrogens with zero attached hydrogens (tertiary/aromatic N) is 4. The highest BCUT2D eigenvalue weighted by Gasteiger charge is 2.32. The molecule has 4 rings (SSSR count). The lowest BCUT2D eigenvalue weighted by Gasteiger charge is -2.44. The van der Waals surface area contributed by atoms with Crippen LogP contribution >= 0.6 is 0 Å². The Bertz CT molecular complexity index is 875. The van der Waals surface area contributed by atoms with Gasteiger partial charge in [-0.1, -0.05) is 37.0 Å². The highest BCUT2D eigenvalue weighted by Crippen LogP contribution is 2.27. The molecule has 0 saturated carbocycles. The predicted octanol–water partition coefficient (Wildman–Crippen LogP) is 3.52. The van der Waals surface area contributed by atoms with Crippen LogP contribution in [-0.4, -0.2) is 52.2 Å². The Balaban J connectivity index is 1.38. The van der Waals surface area contributed by atoms with Crippen LogP contribution in [0.3, 0.4) is 0 Å². The fraction of sp³-hybridized carbons (Fsp3) is 0.565. The molecule has 0 bridgehead atoms. The Kier molecular flexibility index (Phi) is 5.52. The largest absolute Gasteiger partial charge is 0.376 e. The molecule has 3 heterocycles. The van der Waals surface area contributed by atoms with Crippen LogP contribution < -0.4 is 0 Å². The van der Waals surface area contributed by atoms with Gasteiger partial charge in [0, 0.05) is 30.8 Å². The van der Waals surface area contributed by atoms with E-state index in [2.05, 4.69) is 66.0 Å². The second-order valence-electron chi connectivity index (χ2n) is 8.96. The monoisotopic (exact) mass is 378 g/mol. The minimum atomic E-state index is 0.263. The van der Waals surface area contributed by atoms with Crippen LogP contribution in [0.2, 0.25) is 0 Å². The van der Waals surface area contributed by atoms with Crippen LogP contribution in [0.5, 0.6) is 0 Å². The standard InChI is InChI=1S/C23H30N4O/c1-18-13-19(7-6-11-26-16-23(2,3)17-26)9-10-21(18)22-15-27(25-24-22)14-20-8-4-5-12-28-20/h9-10,13,15,20H,4-5,8,11-12,14,16-17H2,1-3H3. The molecule has 5 nitrogen and oxygen atoms in total. The van der Waals surface area contributed by atoms with E-state index in [1.165, 1.54) is 18.4 Å². The summed E-state index contributed by atoms with van der Waals surface area (Å²) in [5.74, 6) is 6.61. The summed E-state index contributed by atoms with van der Waals surface area (Å²) in [6.07, 6.45) is 5.81. The van der Waals surface area contributed by atoms with Crippen LogP contribution in [0.15, 0.2) is 24.4 Å². The minimum Gasteiger partial charge on any atom is -0.376 e. The molecule has 0 N–H and O–H groups in total. The third-order valence-corrected chi connectivity index (χ3v) is 5.54. The fourth-order valence-corrected chi connectivity index (χ4v) is 4.23. The van der Waals surface area contributed by atoms with Gasteiger partial charge in [0.25, 0.3) is 0 Å². The first-order chi connectivity index (χ1) is 13.5. The minimum absolute atomic E-state index is 0.263. The molecule has 5 heteroatoms. The summed E-state index contributed by atoms with van der Waals surface area (Å²) < 4.78 is 7.72. The summed E-state index contributed by atoms with van der Waals surface area (Å²) in [6.45, 7) is 11.5. The van der Waals surface area contributed by atoms with Crippen molar-refractivity contribution in [3.05, 3.63) is 35.5 Å². The molecular weight excluding hydrogens is 348 g/mol. The van der Waals surface area contributed by atoms with Gasteiger partial charge in [0.15, 0.2) is 0 Å². The third kappa shape index (κ3) is 4.63. The van der Waals surface area contributed by atoms with E-state index in [-0.39, 0.29) is 6.10 Å². The summed E-state index contributed by atoms with van der Waals surface area (Å²) >= 11 is 0. The number of aryl methyl sites for hydroxylation is 1. The first-order valence-electron chi connectivity index (χ1n) is 10.3. The maximum absolute atomic E-state index is 5.81. The van der Waals surface area contributed by atoms with Gasteiger partial charge in [-0.15, -0.1) is 5.10 Å². The number of aromatic nitrogens is 3. The summed E-state index contributed by atoms with van der Waals surface area (Å²) in [4.78, 5) is 2.39. The van der Waals surface area contributed by atoms with E-state index in [0.717, 1.165) is 56.0 Å². The quantitative estimate of drug-likeness (QED) is 0.764. The zero-order valence-electron chi connectivity index (χ0n) is 17.2. The third-order valence-electron chi connectivity index (χ3n) is 5.54. The second kappa shape index (κ2) is 8.06. The molecule has 2 aliphatic rings. The van der Waals surface area contributed by atoms with Crippen molar-refractivity contribution < 1.29 is 4.74 Å². The first-order valence-corrected chi connectivity index (χ1v) is 10.3. The zero-order chi connectivity index (χ0) is 19.6. The van der Waals surface area contributed by atoms with Gasteiger partial charge < -0.3 is 4.74 Å². The number of benzene rings is 1. The molecule has 0 aliphatic carbocycles. The van der Waals surface area contributed by atoms with Gasteiger partial charge >= 0.3 is 0 Å². The van der Waals surface area contributed by atoms with Crippen LogP contribution in [0, 0.1) is 24.2 Å². The molecule has 0 spiro atoms. The highest BCUT2D eigenvalue weighted by molar-refractivity contribution is 5.64. The van der Waals surface area contributed by atoms with Gasteiger partial charge in [0.2, 0.25) is 0 Å². The van der Waals surface area contributed by atoms with Crippen molar-refractivity contribution in [1.29, 1.82) is 0 Å². The van der Waals surface area contributed by atoms with Crippen LogP contribution in [0.25, 0.3) is 11.3 Å². The topological polar surface area (TPSA) is 43.2 Å². The molecule has 2 fully saturated rings. The molecular formula is C23H30N4O. The van der Waals surface area contributed by atoms with Crippen molar-refractivity contribution in [2.45, 2.75) is 52.7 Å². The van der Waals surface area contributed by atoms with E-state index >= 15 is 0 Å². The first kappa shape index (κ1) is 19.2. The van der Waals surface area contributed by atoms with Crippen molar-refractivity contribution in [3.8, 4) is 23.1 Å². The van der Waals surface area contributed by atoms with Crippen LogP contribution in [0.1, 0.15) is 44.2 Å². The Hall–Kier alpha value is -2.16. The van der Waals surface area contributed by atoms with Crippen molar-refractivity contribution >= 4 is 0 Å². The smallest absolute Gasteiger partial charge is 0.113 e. The summed E-state index contributed by atoms with van der Waals surface area (Å²) in [6, 6.07) is 6.34. The SMILES string of the molecule is Cc1cc(C#CCN2CC(C)(C)C2)ccc1-c1cn(CC2CCCCO2)nn1. The van der Waals surface area contributed by atoms with E-state index in [1.54, 1.807) is 0 Å². The number of hydrogen-bond acceptors (Lipinski definition) is 4. The van der Waals surface area contributed by atoms with Crippen molar-refractivity contribution in [2.75, 3.05) is 26.2 Å². The molecule has 1 aromatic carbocycles. The van der Waals surface area contributed by atoms with Crippen LogP contribution in [-0.2, 0) is 11.3 Å². The molecule has 2 aliphatic heterocycles. The normalized spacial score (nSPS) is 21.6. The number of ether oxygens (including phenoxy) is 1. The van der Waals surface area contributed by atoms with Crippen molar-refractivity contribution in [1.82, 2.24) is 19.9 Å². The summed E-state index contributed by atoms with van der Waals surface area (Å²) in [5.41, 5.74) is 4.73. The maximum atomic E-state index is 5.81. The zero-order valence-corrected chi connectivity index (χ0v) is 17.2. The van der Waals surface area contributed by atoms with Crippen LogP contribution in [0.4, 0.5) is 0 Å². The van der Waals surface area contributed by atoms with Gasteiger partial charge in [-0.05, 0) is 49.3 Å². The molecule has 2 aromatic rings. The molecule has 1 atom stereocenters. The molecule has 148 valence electrons. The average Bonchev–Trinajstić information content (AvgIpc) is 3.09. The highest BCUT2D eigenvalue weighted by atomic mass is 16.5. The summed E-state index contributed by atoms with van der Waals surface area (Å²) in [7, 11) is 0. The van der Waals surface area contributed by atoms with E-state index in [4.69, 9.17) is 4.74 Å². The molecule has 2 saturated heterocycles. The van der Waals surface area contributed by atoms with Gasteiger partial charge in [0.05, 0.1) is 25.4 Å². The molecule has 28 heavy (non-hydrogen) atoms. The maximum Gasteiger partial charge on any atom is 0.113 e. The Morgan fingerprint density at radius 2 is 2.11 bits per heavy atom. The molecule has 0 amide bonds. The Morgan fingerprint density at radius 1 is 1.25 bits per heavy atom. The van der Waals surface area contributed by atoms with E-state index in [1.807, 2.05) is 10.9 Å². The van der Waals surface area contributed by atoms with Gasteiger partial charge in [0.1, 0.15) is 5.69 Å². The van der Waals surface area contributed by atoms with Gasteiger partial charge in [-0.25, -0.2) is 4.68 Å². The van der Waals surface area contributed by atoms with Gasteiger partial charge in [-0.3, -0.25) is 4.90 Å². The lowest BCUT2D eigenvalue weighted by molar-refractivity contribution is 0.00370. The Morgan fingerprint density at radius 3 is 2.82 bits per heavy atom. The number of likely N-dealkylation sites (tertiary alicyclic amines) is 1. The van der Waals surface area contributed by atoms with Gasteiger partial charge in [-0.2, -0.15) is 0 Å². The predicted molar refractivity (Wildman–Crippen MR) is 111 cm³/mol. The molecule has 1 aromatic heterocycles. The lowest BCUT2D eigenvalue weighted by atomic mass is 9.84. The van der Waals surface area contributed by atoms with E-state index < -0.39 is 0 Å². The van der Waals surface area contributed by atoms with Crippen molar-refractivity contribution in [2.24, 2.45) is 5.41 Å². The van der Waals surface area contributed by atoms with Crippen molar-refractivity contribution in [3.63, 3.8) is 0 Å².